The molecule has 1 atom stereocenters. The zero-order chi connectivity index (χ0) is 21.1. The normalized spacial score (nSPS) is 18.4. The Morgan fingerprint density at radius 2 is 1.87 bits per heavy atom. The molecule has 1 unspecified atom stereocenters. The van der Waals surface area contributed by atoms with Gasteiger partial charge in [-0.05, 0) is 37.5 Å². The maximum atomic E-state index is 13.3. The van der Waals surface area contributed by atoms with Crippen molar-refractivity contribution in [3.8, 4) is 5.75 Å². The Balaban J connectivity index is 1.56. The van der Waals surface area contributed by atoms with Crippen LogP contribution in [0.15, 0.2) is 48.5 Å². The molecule has 7 heteroatoms. The van der Waals surface area contributed by atoms with Gasteiger partial charge >= 0.3 is 0 Å². The molecular formula is C23H25N3O4. The maximum absolute atomic E-state index is 13.3. The maximum Gasteiger partial charge on any atom is 0.256 e. The van der Waals surface area contributed by atoms with Gasteiger partial charge in [0.25, 0.3) is 5.91 Å². The number of carbonyl (C=O) groups is 3. The van der Waals surface area contributed by atoms with Gasteiger partial charge in [-0.15, -0.1) is 0 Å². The van der Waals surface area contributed by atoms with E-state index in [1.54, 1.807) is 36.3 Å². The van der Waals surface area contributed by atoms with Crippen LogP contribution in [-0.4, -0.2) is 48.9 Å². The Morgan fingerprint density at radius 1 is 1.10 bits per heavy atom. The van der Waals surface area contributed by atoms with Crippen LogP contribution in [0.1, 0.15) is 35.2 Å². The molecule has 2 aliphatic rings. The number of fused-ring (bicyclic) bond motifs is 2. The van der Waals surface area contributed by atoms with Crippen molar-refractivity contribution in [1.82, 2.24) is 10.2 Å². The quantitative estimate of drug-likeness (QED) is 0.825. The Bertz CT molecular complexity index is 974. The second-order valence-electron chi connectivity index (χ2n) is 7.54. The van der Waals surface area contributed by atoms with Crippen LogP contribution in [-0.2, 0) is 16.1 Å². The minimum absolute atomic E-state index is 0.136. The summed E-state index contributed by atoms with van der Waals surface area (Å²) in [5, 5.41) is 2.86. The predicted molar refractivity (Wildman–Crippen MR) is 112 cm³/mol. The van der Waals surface area contributed by atoms with E-state index in [-0.39, 0.29) is 24.3 Å². The van der Waals surface area contributed by atoms with Crippen LogP contribution in [0.25, 0.3) is 0 Å². The van der Waals surface area contributed by atoms with Crippen molar-refractivity contribution in [2.75, 3.05) is 25.1 Å². The van der Waals surface area contributed by atoms with Crippen molar-refractivity contribution in [1.29, 1.82) is 0 Å². The molecule has 0 bridgehead atoms. The van der Waals surface area contributed by atoms with Gasteiger partial charge in [0.1, 0.15) is 18.3 Å². The number of ether oxygens (including phenoxy) is 1. The van der Waals surface area contributed by atoms with E-state index in [0.29, 0.717) is 36.5 Å². The third kappa shape index (κ3) is 3.75. The summed E-state index contributed by atoms with van der Waals surface area (Å²) >= 11 is 0. The number of methoxy groups -OCH3 is 1. The second-order valence-corrected chi connectivity index (χ2v) is 7.54. The van der Waals surface area contributed by atoms with Gasteiger partial charge in [0.15, 0.2) is 0 Å². The van der Waals surface area contributed by atoms with Gasteiger partial charge in [0, 0.05) is 18.7 Å². The summed E-state index contributed by atoms with van der Waals surface area (Å²) in [5.74, 6) is 0.0687. The largest absolute Gasteiger partial charge is 0.496 e. The van der Waals surface area contributed by atoms with Crippen LogP contribution >= 0.6 is 0 Å². The molecule has 2 heterocycles. The van der Waals surface area contributed by atoms with E-state index in [1.807, 2.05) is 24.3 Å². The van der Waals surface area contributed by atoms with Crippen LogP contribution in [0.3, 0.4) is 0 Å². The summed E-state index contributed by atoms with van der Waals surface area (Å²) in [6.45, 7) is 0.723. The standard InChI is InChI=1S/C23H25N3O4/c1-30-20-12-5-2-8-16(20)14-24-21(27)15-26-18-10-4-3-9-17(18)22(28)25-13-7-6-11-19(25)23(26)29/h2-5,8-10,12,19H,6-7,11,13-15H2,1H3,(H,24,27). The van der Waals surface area contributed by atoms with Crippen LogP contribution in [0.4, 0.5) is 5.69 Å². The van der Waals surface area contributed by atoms with E-state index in [0.717, 1.165) is 18.4 Å². The molecule has 0 saturated carbocycles. The number of hydrogen-bond donors (Lipinski definition) is 1. The molecule has 156 valence electrons. The summed E-state index contributed by atoms with van der Waals surface area (Å²) in [6.07, 6.45) is 2.40. The van der Waals surface area contributed by atoms with Crippen LogP contribution in [0.2, 0.25) is 0 Å². The third-order valence-electron chi connectivity index (χ3n) is 5.71. The number of nitrogens with zero attached hydrogens (tertiary/aromatic N) is 2. The number of carbonyl (C=O) groups excluding carboxylic acids is 3. The summed E-state index contributed by atoms with van der Waals surface area (Å²) in [4.78, 5) is 42.3. The number of anilines is 1. The lowest BCUT2D eigenvalue weighted by Gasteiger charge is -2.34. The molecule has 0 spiro atoms. The second kappa shape index (κ2) is 8.57. The first-order valence-electron chi connectivity index (χ1n) is 10.2. The van der Waals surface area contributed by atoms with Crippen molar-refractivity contribution in [3.05, 3.63) is 59.7 Å². The summed E-state index contributed by atoms with van der Waals surface area (Å²) < 4.78 is 5.32. The van der Waals surface area contributed by atoms with Crippen molar-refractivity contribution >= 4 is 23.4 Å². The molecule has 2 aliphatic heterocycles. The SMILES string of the molecule is COc1ccccc1CNC(=O)CN1C(=O)C2CCCCN2C(=O)c2ccccc21. The van der Waals surface area contributed by atoms with E-state index in [4.69, 9.17) is 4.74 Å². The molecule has 3 amide bonds. The van der Waals surface area contributed by atoms with Gasteiger partial charge in [-0.1, -0.05) is 30.3 Å². The average molecular weight is 407 g/mol. The fourth-order valence-electron chi connectivity index (χ4n) is 4.18. The third-order valence-corrected chi connectivity index (χ3v) is 5.71. The van der Waals surface area contributed by atoms with E-state index >= 15 is 0 Å². The molecule has 1 N–H and O–H groups in total. The highest BCUT2D eigenvalue weighted by atomic mass is 16.5. The molecule has 0 radical (unpaired) electrons. The van der Waals surface area contributed by atoms with Gasteiger partial charge < -0.3 is 19.9 Å². The van der Waals surface area contributed by atoms with Crippen LogP contribution in [0.5, 0.6) is 5.75 Å². The zero-order valence-electron chi connectivity index (χ0n) is 17.0. The molecule has 2 aromatic carbocycles. The predicted octanol–water partition coefficient (Wildman–Crippen LogP) is 2.35. The Labute approximate surface area is 175 Å². The Morgan fingerprint density at radius 3 is 2.70 bits per heavy atom. The van der Waals surface area contributed by atoms with E-state index < -0.39 is 6.04 Å². The highest BCUT2D eigenvalue weighted by Gasteiger charge is 2.40. The number of piperidine rings is 1. The lowest BCUT2D eigenvalue weighted by molar-refractivity contribution is -0.126. The molecule has 2 aromatic rings. The number of para-hydroxylation sites is 2. The Kier molecular flexibility index (Phi) is 5.70. The Hall–Kier alpha value is -3.35. The number of hydrogen-bond acceptors (Lipinski definition) is 4. The van der Waals surface area contributed by atoms with Crippen LogP contribution in [0, 0.1) is 0 Å². The minimum Gasteiger partial charge on any atom is -0.496 e. The number of rotatable bonds is 5. The number of nitrogens with one attached hydrogen (secondary N) is 1. The first-order valence-corrected chi connectivity index (χ1v) is 10.2. The molecular weight excluding hydrogens is 382 g/mol. The molecule has 7 nitrogen and oxygen atoms in total. The summed E-state index contributed by atoms with van der Waals surface area (Å²) in [7, 11) is 1.58. The topological polar surface area (TPSA) is 79.0 Å². The first-order chi connectivity index (χ1) is 14.6. The van der Waals surface area contributed by atoms with Crippen molar-refractivity contribution in [2.24, 2.45) is 0 Å². The van der Waals surface area contributed by atoms with E-state index in [9.17, 15) is 14.4 Å². The van der Waals surface area contributed by atoms with Gasteiger partial charge in [-0.3, -0.25) is 14.4 Å². The number of amides is 3. The van der Waals surface area contributed by atoms with E-state index in [2.05, 4.69) is 5.32 Å². The average Bonchev–Trinajstić information content (AvgIpc) is 2.88. The van der Waals surface area contributed by atoms with Crippen molar-refractivity contribution in [2.45, 2.75) is 31.8 Å². The highest BCUT2D eigenvalue weighted by molar-refractivity contribution is 6.12. The molecule has 1 fully saturated rings. The monoisotopic (exact) mass is 407 g/mol. The molecule has 4 rings (SSSR count). The lowest BCUT2D eigenvalue weighted by atomic mass is 10.0. The molecule has 0 aliphatic carbocycles. The fraction of sp³-hybridized carbons (Fsp3) is 0.348. The molecule has 1 saturated heterocycles. The van der Waals surface area contributed by atoms with Gasteiger partial charge in [-0.2, -0.15) is 0 Å². The molecule has 30 heavy (non-hydrogen) atoms. The van der Waals surface area contributed by atoms with Crippen molar-refractivity contribution in [3.63, 3.8) is 0 Å². The zero-order valence-corrected chi connectivity index (χ0v) is 17.0. The van der Waals surface area contributed by atoms with Crippen LogP contribution < -0.4 is 15.0 Å². The fourth-order valence-corrected chi connectivity index (χ4v) is 4.18. The van der Waals surface area contributed by atoms with Gasteiger partial charge in [-0.25, -0.2) is 0 Å². The minimum atomic E-state index is -0.513. The van der Waals surface area contributed by atoms with Gasteiger partial charge in [0.2, 0.25) is 11.8 Å². The van der Waals surface area contributed by atoms with Gasteiger partial charge in [0.05, 0.1) is 18.4 Å². The number of benzene rings is 2. The first kappa shape index (κ1) is 19.9. The smallest absolute Gasteiger partial charge is 0.256 e. The van der Waals surface area contributed by atoms with E-state index in [1.165, 1.54) is 4.90 Å². The van der Waals surface area contributed by atoms with Crippen molar-refractivity contribution < 1.29 is 19.1 Å². The highest BCUT2D eigenvalue weighted by Crippen LogP contribution is 2.31. The summed E-state index contributed by atoms with van der Waals surface area (Å²) in [6, 6.07) is 14.0. The lowest BCUT2D eigenvalue weighted by Crippen LogP contribution is -2.52. The summed E-state index contributed by atoms with van der Waals surface area (Å²) in [5.41, 5.74) is 1.81. The molecule has 0 aromatic heterocycles.